The van der Waals surface area contributed by atoms with Gasteiger partial charge in [-0.25, -0.2) is 0 Å². The Morgan fingerprint density at radius 1 is 0.931 bits per heavy atom. The van der Waals surface area contributed by atoms with Crippen LogP contribution in [0.1, 0.15) is 28.8 Å². The van der Waals surface area contributed by atoms with Crippen LogP contribution in [0, 0.1) is 5.92 Å². The second-order valence-electron chi connectivity index (χ2n) is 8.09. The van der Waals surface area contributed by atoms with Gasteiger partial charge in [0.15, 0.2) is 5.78 Å². The van der Waals surface area contributed by atoms with Crippen molar-refractivity contribution in [3.8, 4) is 0 Å². The summed E-state index contributed by atoms with van der Waals surface area (Å²) in [5, 5.41) is 0. The van der Waals surface area contributed by atoms with Crippen molar-refractivity contribution in [1.29, 1.82) is 0 Å². The van der Waals surface area contributed by atoms with Crippen LogP contribution < -0.4 is 4.90 Å². The number of rotatable bonds is 7. The Kier molecular flexibility index (Phi) is 7.04. The second kappa shape index (κ2) is 9.70. The highest BCUT2D eigenvalue weighted by Crippen LogP contribution is 2.22. The van der Waals surface area contributed by atoms with Gasteiger partial charge < -0.3 is 9.80 Å². The second-order valence-corrected chi connectivity index (χ2v) is 8.09. The summed E-state index contributed by atoms with van der Waals surface area (Å²) in [7, 11) is 5.89. The van der Waals surface area contributed by atoms with E-state index < -0.39 is 0 Å². The van der Waals surface area contributed by atoms with Gasteiger partial charge in [0.1, 0.15) is 0 Å². The number of piperidine rings is 1. The molecule has 5 nitrogen and oxygen atoms in total. The zero-order valence-corrected chi connectivity index (χ0v) is 17.7. The standard InChI is InChI=1S/C24H31N3O2/c1-25(2)22-11-9-19(10-12-22)17-26(3)23(28)18-27-15-13-21(14-16-27)24(29)20-7-5-4-6-8-20/h4-12,21H,13-18H2,1-3H3. The zero-order valence-electron chi connectivity index (χ0n) is 17.7. The molecule has 0 bridgehead atoms. The number of nitrogens with zero attached hydrogens (tertiary/aromatic N) is 3. The molecule has 29 heavy (non-hydrogen) atoms. The number of ketones is 1. The van der Waals surface area contributed by atoms with Crippen molar-refractivity contribution < 1.29 is 9.59 Å². The molecule has 0 spiro atoms. The SMILES string of the molecule is CN(Cc1ccc(N(C)C)cc1)C(=O)CN1CCC(C(=O)c2ccccc2)CC1. The van der Waals surface area contributed by atoms with Gasteiger partial charge >= 0.3 is 0 Å². The Balaban J connectivity index is 1.46. The van der Waals surface area contributed by atoms with E-state index in [0.717, 1.165) is 42.7 Å². The van der Waals surface area contributed by atoms with E-state index in [1.165, 1.54) is 0 Å². The molecular formula is C24H31N3O2. The highest BCUT2D eigenvalue weighted by molar-refractivity contribution is 5.97. The van der Waals surface area contributed by atoms with Crippen molar-refractivity contribution in [1.82, 2.24) is 9.80 Å². The zero-order chi connectivity index (χ0) is 20.8. The van der Waals surface area contributed by atoms with Crippen LogP contribution in [-0.2, 0) is 11.3 Å². The van der Waals surface area contributed by atoms with Crippen LogP contribution >= 0.6 is 0 Å². The maximum Gasteiger partial charge on any atom is 0.236 e. The van der Waals surface area contributed by atoms with Gasteiger partial charge in [0.05, 0.1) is 6.54 Å². The van der Waals surface area contributed by atoms with Gasteiger partial charge in [0, 0.05) is 44.9 Å². The van der Waals surface area contributed by atoms with Gasteiger partial charge in [-0.15, -0.1) is 0 Å². The average molecular weight is 394 g/mol. The number of amides is 1. The number of carbonyl (C=O) groups is 2. The van der Waals surface area contributed by atoms with E-state index >= 15 is 0 Å². The molecule has 2 aromatic rings. The van der Waals surface area contributed by atoms with Crippen molar-refractivity contribution in [2.24, 2.45) is 5.92 Å². The van der Waals surface area contributed by atoms with Gasteiger partial charge in [0.25, 0.3) is 0 Å². The van der Waals surface area contributed by atoms with Crippen LogP contribution in [-0.4, -0.2) is 62.3 Å². The molecule has 3 rings (SSSR count). The molecule has 5 heteroatoms. The molecule has 1 saturated heterocycles. The van der Waals surface area contributed by atoms with E-state index in [-0.39, 0.29) is 17.6 Å². The van der Waals surface area contributed by atoms with Crippen LogP contribution in [0.25, 0.3) is 0 Å². The molecule has 0 atom stereocenters. The number of hydrogen-bond acceptors (Lipinski definition) is 4. The molecule has 154 valence electrons. The monoisotopic (exact) mass is 393 g/mol. The fraction of sp³-hybridized carbons (Fsp3) is 0.417. The fourth-order valence-electron chi connectivity index (χ4n) is 3.76. The number of likely N-dealkylation sites (N-methyl/N-ethyl adjacent to an activating group) is 1. The maximum absolute atomic E-state index is 12.6. The van der Waals surface area contributed by atoms with Gasteiger partial charge in [-0.3, -0.25) is 14.5 Å². The average Bonchev–Trinajstić information content (AvgIpc) is 2.74. The van der Waals surface area contributed by atoms with Crippen LogP contribution in [0.4, 0.5) is 5.69 Å². The summed E-state index contributed by atoms with van der Waals surface area (Å²) in [5.41, 5.74) is 3.07. The molecule has 1 aliphatic heterocycles. The minimum Gasteiger partial charge on any atom is -0.378 e. The third kappa shape index (κ3) is 5.67. The van der Waals surface area contributed by atoms with Crippen molar-refractivity contribution in [2.45, 2.75) is 19.4 Å². The van der Waals surface area contributed by atoms with Gasteiger partial charge in [0.2, 0.25) is 5.91 Å². The summed E-state index contributed by atoms with van der Waals surface area (Å²) in [5.74, 6) is 0.418. The van der Waals surface area contributed by atoms with Crippen LogP contribution in [0.15, 0.2) is 54.6 Å². The number of benzene rings is 2. The van der Waals surface area contributed by atoms with Crippen LogP contribution in [0.2, 0.25) is 0 Å². The Bertz CT molecular complexity index is 810. The largest absolute Gasteiger partial charge is 0.378 e. The third-order valence-corrected chi connectivity index (χ3v) is 5.67. The lowest BCUT2D eigenvalue weighted by Crippen LogP contribution is -2.43. The van der Waals surface area contributed by atoms with E-state index in [4.69, 9.17) is 0 Å². The summed E-state index contributed by atoms with van der Waals surface area (Å²) >= 11 is 0. The first-order chi connectivity index (χ1) is 13.9. The minimum atomic E-state index is 0.0664. The topological polar surface area (TPSA) is 43.9 Å². The fourth-order valence-corrected chi connectivity index (χ4v) is 3.76. The van der Waals surface area contributed by atoms with E-state index in [2.05, 4.69) is 34.1 Å². The number of Topliss-reactive ketones (excluding diaryl/α,β-unsaturated/α-hetero) is 1. The summed E-state index contributed by atoms with van der Waals surface area (Å²) < 4.78 is 0. The smallest absolute Gasteiger partial charge is 0.236 e. The summed E-state index contributed by atoms with van der Waals surface area (Å²) in [6.45, 7) is 2.61. The summed E-state index contributed by atoms with van der Waals surface area (Å²) in [6, 6.07) is 17.8. The molecule has 0 aromatic heterocycles. The van der Waals surface area contributed by atoms with Crippen molar-refractivity contribution >= 4 is 17.4 Å². The molecule has 0 radical (unpaired) electrons. The number of likely N-dealkylation sites (tertiary alicyclic amines) is 1. The Morgan fingerprint density at radius 3 is 2.14 bits per heavy atom. The molecule has 0 unspecified atom stereocenters. The normalized spacial score (nSPS) is 15.1. The molecule has 1 aliphatic rings. The lowest BCUT2D eigenvalue weighted by molar-refractivity contribution is -0.131. The molecular weight excluding hydrogens is 362 g/mol. The lowest BCUT2D eigenvalue weighted by atomic mass is 9.89. The molecule has 1 amide bonds. The minimum absolute atomic E-state index is 0.0664. The van der Waals surface area contributed by atoms with E-state index in [0.29, 0.717) is 13.1 Å². The number of hydrogen-bond donors (Lipinski definition) is 0. The number of anilines is 1. The van der Waals surface area contributed by atoms with E-state index in [9.17, 15) is 9.59 Å². The first-order valence-electron chi connectivity index (χ1n) is 10.3. The lowest BCUT2D eigenvalue weighted by Gasteiger charge is -2.32. The van der Waals surface area contributed by atoms with Crippen molar-refractivity contribution in [3.63, 3.8) is 0 Å². The predicted octanol–water partition coefficient (Wildman–Crippen LogP) is 3.31. The highest BCUT2D eigenvalue weighted by Gasteiger charge is 2.27. The predicted molar refractivity (Wildman–Crippen MR) is 117 cm³/mol. The highest BCUT2D eigenvalue weighted by atomic mass is 16.2. The van der Waals surface area contributed by atoms with Gasteiger partial charge in [-0.05, 0) is 43.6 Å². The Morgan fingerprint density at radius 2 is 1.55 bits per heavy atom. The van der Waals surface area contributed by atoms with Crippen molar-refractivity contribution in [3.05, 3.63) is 65.7 Å². The molecule has 0 saturated carbocycles. The van der Waals surface area contributed by atoms with Crippen LogP contribution in [0.3, 0.4) is 0 Å². The van der Waals surface area contributed by atoms with E-state index in [1.54, 1.807) is 4.90 Å². The van der Waals surface area contributed by atoms with Crippen molar-refractivity contribution in [2.75, 3.05) is 45.7 Å². The Labute approximate surface area is 173 Å². The molecule has 1 fully saturated rings. The van der Waals surface area contributed by atoms with Gasteiger partial charge in [-0.1, -0.05) is 42.5 Å². The Hall–Kier alpha value is -2.66. The maximum atomic E-state index is 12.6. The molecule has 0 aliphatic carbocycles. The molecule has 1 heterocycles. The number of carbonyl (C=O) groups excluding carboxylic acids is 2. The molecule has 2 aromatic carbocycles. The summed E-state index contributed by atoms with van der Waals surface area (Å²) in [6.07, 6.45) is 1.63. The van der Waals surface area contributed by atoms with Crippen LogP contribution in [0.5, 0.6) is 0 Å². The first-order valence-corrected chi connectivity index (χ1v) is 10.3. The first kappa shape index (κ1) is 21.1. The quantitative estimate of drug-likeness (QED) is 0.677. The molecule has 0 N–H and O–H groups in total. The third-order valence-electron chi connectivity index (χ3n) is 5.67. The van der Waals surface area contributed by atoms with Gasteiger partial charge in [-0.2, -0.15) is 0 Å². The summed E-state index contributed by atoms with van der Waals surface area (Å²) in [4.78, 5) is 31.3. The van der Waals surface area contributed by atoms with E-state index in [1.807, 2.05) is 51.5 Å².